The summed E-state index contributed by atoms with van der Waals surface area (Å²) in [5.74, 6) is -3.90. The standard InChI is InChI=1S/C17H22N2O5/c1-19(2)13-8-6-7-4-3-5-9(20)10(7)14(21)11(8)15(22)12(16(13)23)17(18)24/h7-8,11,13,21,23H,3-6H2,1-2H3,(H2,18,24)/t7?,8?,11?,13-/m0/s1. The number of hydrogen-bond acceptors (Lipinski definition) is 6. The fourth-order valence-electron chi connectivity index (χ4n) is 4.58. The number of carbonyl (C=O) groups excluding carboxylic acids is 3. The number of Topliss-reactive ketones (excluding diaryl/α,β-unsaturated/α-hetero) is 2. The topological polar surface area (TPSA) is 121 Å². The highest BCUT2D eigenvalue weighted by atomic mass is 16.3. The maximum Gasteiger partial charge on any atom is 0.255 e. The van der Waals surface area contributed by atoms with E-state index >= 15 is 0 Å². The molecule has 3 rings (SSSR count). The van der Waals surface area contributed by atoms with Crippen LogP contribution in [-0.2, 0) is 14.4 Å². The molecule has 1 amide bonds. The highest BCUT2D eigenvalue weighted by molar-refractivity contribution is 6.21. The molecule has 1 fully saturated rings. The predicted molar refractivity (Wildman–Crippen MR) is 84.9 cm³/mol. The van der Waals surface area contributed by atoms with E-state index in [2.05, 4.69) is 0 Å². The van der Waals surface area contributed by atoms with Crippen molar-refractivity contribution in [1.29, 1.82) is 0 Å². The summed E-state index contributed by atoms with van der Waals surface area (Å²) in [7, 11) is 3.46. The SMILES string of the molecule is CN(C)[C@@H]1C(O)=C(C(N)=O)C(=O)C2C(O)=C3C(=O)CCCC3CC21. The van der Waals surface area contributed by atoms with Crippen LogP contribution in [0.5, 0.6) is 0 Å². The highest BCUT2D eigenvalue weighted by Crippen LogP contribution is 2.48. The average Bonchev–Trinajstić information content (AvgIpc) is 2.45. The van der Waals surface area contributed by atoms with Gasteiger partial charge in [-0.15, -0.1) is 0 Å². The van der Waals surface area contributed by atoms with E-state index in [1.54, 1.807) is 19.0 Å². The summed E-state index contributed by atoms with van der Waals surface area (Å²) in [4.78, 5) is 38.3. The minimum atomic E-state index is -1.02. The van der Waals surface area contributed by atoms with Crippen molar-refractivity contribution in [1.82, 2.24) is 4.90 Å². The van der Waals surface area contributed by atoms with Crippen LogP contribution in [0.25, 0.3) is 0 Å². The zero-order chi connectivity index (χ0) is 17.8. The lowest BCUT2D eigenvalue weighted by Crippen LogP contribution is -2.53. The molecule has 0 radical (unpaired) electrons. The molecule has 7 nitrogen and oxygen atoms in total. The minimum Gasteiger partial charge on any atom is -0.511 e. The lowest BCUT2D eigenvalue weighted by molar-refractivity contribution is -0.127. The van der Waals surface area contributed by atoms with Gasteiger partial charge >= 0.3 is 0 Å². The van der Waals surface area contributed by atoms with Gasteiger partial charge in [0.25, 0.3) is 5.91 Å². The molecule has 0 aromatic rings. The smallest absolute Gasteiger partial charge is 0.255 e. The van der Waals surface area contributed by atoms with Crippen molar-refractivity contribution in [2.45, 2.75) is 31.7 Å². The van der Waals surface area contributed by atoms with E-state index in [1.165, 1.54) is 0 Å². The molecule has 130 valence electrons. The molecule has 0 heterocycles. The third-order valence-electron chi connectivity index (χ3n) is 5.49. The number of rotatable bonds is 2. The van der Waals surface area contributed by atoms with Gasteiger partial charge in [-0.1, -0.05) is 0 Å². The summed E-state index contributed by atoms with van der Waals surface area (Å²) in [5, 5.41) is 21.2. The summed E-state index contributed by atoms with van der Waals surface area (Å²) in [6, 6.07) is -0.601. The Morgan fingerprint density at radius 2 is 1.88 bits per heavy atom. The number of fused-ring (bicyclic) bond motifs is 2. The molecule has 7 heteroatoms. The van der Waals surface area contributed by atoms with Gasteiger partial charge in [0.05, 0.1) is 12.0 Å². The van der Waals surface area contributed by atoms with E-state index in [9.17, 15) is 24.6 Å². The molecule has 0 aromatic carbocycles. The Balaban J connectivity index is 2.17. The second-order valence-corrected chi connectivity index (χ2v) is 7.09. The van der Waals surface area contributed by atoms with Crippen molar-refractivity contribution in [2.75, 3.05) is 14.1 Å². The molecule has 0 saturated heterocycles. The Kier molecular flexibility index (Phi) is 3.99. The summed E-state index contributed by atoms with van der Waals surface area (Å²) >= 11 is 0. The molecule has 0 aliphatic heterocycles. The molecule has 24 heavy (non-hydrogen) atoms. The number of allylic oxidation sites excluding steroid dienone is 2. The lowest BCUT2D eigenvalue weighted by Gasteiger charge is -2.45. The molecule has 4 N–H and O–H groups in total. The van der Waals surface area contributed by atoms with E-state index in [4.69, 9.17) is 5.73 Å². The summed E-state index contributed by atoms with van der Waals surface area (Å²) in [5.41, 5.74) is 5.14. The van der Waals surface area contributed by atoms with Gasteiger partial charge in [0.2, 0.25) is 0 Å². The van der Waals surface area contributed by atoms with Gasteiger partial charge < -0.3 is 15.9 Å². The van der Waals surface area contributed by atoms with Crippen LogP contribution < -0.4 is 5.73 Å². The quantitative estimate of drug-likeness (QED) is 0.636. The molecule has 0 aromatic heterocycles. The maximum atomic E-state index is 12.7. The number of hydrogen-bond donors (Lipinski definition) is 3. The van der Waals surface area contributed by atoms with Crippen LogP contribution in [0.1, 0.15) is 25.7 Å². The third-order valence-corrected chi connectivity index (χ3v) is 5.49. The van der Waals surface area contributed by atoms with Crippen LogP contribution in [0, 0.1) is 17.8 Å². The van der Waals surface area contributed by atoms with E-state index in [-0.39, 0.29) is 23.2 Å². The van der Waals surface area contributed by atoms with Crippen LogP contribution in [0.2, 0.25) is 0 Å². The predicted octanol–water partition coefficient (Wildman–Crippen LogP) is 0.614. The normalized spacial score (nSPS) is 33.6. The van der Waals surface area contributed by atoms with Crippen LogP contribution in [0.15, 0.2) is 22.7 Å². The lowest BCUT2D eigenvalue weighted by atomic mass is 9.61. The first-order valence-electron chi connectivity index (χ1n) is 8.15. The van der Waals surface area contributed by atoms with Crippen molar-refractivity contribution in [2.24, 2.45) is 23.5 Å². The zero-order valence-corrected chi connectivity index (χ0v) is 13.8. The van der Waals surface area contributed by atoms with Crippen LogP contribution >= 0.6 is 0 Å². The highest BCUT2D eigenvalue weighted by Gasteiger charge is 2.53. The third kappa shape index (κ3) is 2.26. The minimum absolute atomic E-state index is 0.106. The Hall–Kier alpha value is -2.15. The van der Waals surface area contributed by atoms with Crippen molar-refractivity contribution < 1.29 is 24.6 Å². The molecular formula is C17H22N2O5. The second-order valence-electron chi connectivity index (χ2n) is 7.09. The number of nitrogens with zero attached hydrogens (tertiary/aromatic N) is 1. The summed E-state index contributed by atoms with van der Waals surface area (Å²) in [6.45, 7) is 0. The largest absolute Gasteiger partial charge is 0.511 e. The first-order valence-corrected chi connectivity index (χ1v) is 8.15. The van der Waals surface area contributed by atoms with Gasteiger partial charge in [-0.2, -0.15) is 0 Å². The summed E-state index contributed by atoms with van der Waals surface area (Å²) < 4.78 is 0. The number of aliphatic hydroxyl groups excluding tert-OH is 2. The number of nitrogens with two attached hydrogens (primary N) is 1. The number of carbonyl (C=O) groups is 3. The molecular weight excluding hydrogens is 312 g/mol. The Morgan fingerprint density at radius 3 is 2.46 bits per heavy atom. The Bertz CT molecular complexity index is 691. The number of primary amides is 1. The van der Waals surface area contributed by atoms with E-state index in [0.717, 1.165) is 12.8 Å². The molecule has 0 spiro atoms. The fourth-order valence-corrected chi connectivity index (χ4v) is 4.58. The molecule has 1 saturated carbocycles. The maximum absolute atomic E-state index is 12.7. The first kappa shape index (κ1) is 16.7. The van der Waals surface area contributed by atoms with E-state index in [0.29, 0.717) is 18.4 Å². The monoisotopic (exact) mass is 334 g/mol. The van der Waals surface area contributed by atoms with Crippen molar-refractivity contribution >= 4 is 17.5 Å². The number of ketones is 2. The number of amides is 1. The molecule has 4 atom stereocenters. The van der Waals surface area contributed by atoms with Crippen LogP contribution in [0.3, 0.4) is 0 Å². The summed E-state index contributed by atoms with van der Waals surface area (Å²) in [6.07, 6.45) is 2.41. The van der Waals surface area contributed by atoms with Gasteiger partial charge in [-0.25, -0.2) is 0 Å². The van der Waals surface area contributed by atoms with E-state index in [1.807, 2.05) is 0 Å². The number of likely N-dealkylation sites (N-methyl/N-ethyl adjacent to an activating group) is 1. The van der Waals surface area contributed by atoms with Crippen molar-refractivity contribution in [3.63, 3.8) is 0 Å². The molecule has 3 unspecified atom stereocenters. The van der Waals surface area contributed by atoms with Crippen molar-refractivity contribution in [3.05, 3.63) is 22.7 Å². The van der Waals surface area contributed by atoms with E-state index < -0.39 is 35.1 Å². The van der Waals surface area contributed by atoms with Crippen molar-refractivity contribution in [3.8, 4) is 0 Å². The molecule has 0 bridgehead atoms. The Morgan fingerprint density at radius 1 is 1.21 bits per heavy atom. The van der Waals surface area contributed by atoms with Crippen LogP contribution in [-0.4, -0.2) is 52.7 Å². The second kappa shape index (κ2) is 5.73. The molecule has 3 aliphatic rings. The fraction of sp³-hybridized carbons (Fsp3) is 0.588. The van der Waals surface area contributed by atoms with Gasteiger partial charge in [0.15, 0.2) is 11.6 Å². The average molecular weight is 334 g/mol. The number of aliphatic hydroxyl groups is 2. The molecule has 3 aliphatic carbocycles. The Labute approximate surface area is 139 Å². The van der Waals surface area contributed by atoms with Gasteiger partial charge in [0, 0.05) is 12.0 Å². The van der Waals surface area contributed by atoms with Crippen LogP contribution in [0.4, 0.5) is 0 Å². The van der Waals surface area contributed by atoms with Gasteiger partial charge in [-0.3, -0.25) is 19.3 Å². The first-order chi connectivity index (χ1) is 11.3. The zero-order valence-electron chi connectivity index (χ0n) is 13.8. The van der Waals surface area contributed by atoms with Gasteiger partial charge in [-0.05, 0) is 45.2 Å². The van der Waals surface area contributed by atoms with Gasteiger partial charge in [0.1, 0.15) is 17.1 Å².